The van der Waals surface area contributed by atoms with E-state index in [-0.39, 0.29) is 18.0 Å². The average molecular weight is 344 g/mol. The van der Waals surface area contributed by atoms with Crippen LogP contribution in [0.25, 0.3) is 0 Å². The van der Waals surface area contributed by atoms with Gasteiger partial charge in [-0.15, -0.1) is 0 Å². The summed E-state index contributed by atoms with van der Waals surface area (Å²) in [6.45, 7) is 5.72. The fourth-order valence-corrected chi connectivity index (χ4v) is 2.26. The lowest BCUT2D eigenvalue weighted by molar-refractivity contribution is -0.385. The van der Waals surface area contributed by atoms with Crippen molar-refractivity contribution < 1.29 is 19.6 Å². The number of benzene rings is 2. The molecule has 1 amide bonds. The molecule has 0 unspecified atom stereocenters. The van der Waals surface area contributed by atoms with Crippen LogP contribution in [0.4, 0.5) is 10.5 Å². The smallest absolute Gasteiger partial charge is 0.408 e. The minimum absolute atomic E-state index is 0.114. The first-order valence-corrected chi connectivity index (χ1v) is 7.69. The molecule has 7 nitrogen and oxygen atoms in total. The van der Waals surface area contributed by atoms with Gasteiger partial charge in [-0.3, -0.25) is 15.0 Å². The number of carboxylic acid groups (broad SMARTS) is 1. The van der Waals surface area contributed by atoms with Crippen LogP contribution in [0.5, 0.6) is 11.5 Å². The summed E-state index contributed by atoms with van der Waals surface area (Å²) in [5, 5.41) is 20.3. The summed E-state index contributed by atoms with van der Waals surface area (Å²) < 4.78 is 5.57. The maximum absolute atomic E-state index is 11.4. The summed E-state index contributed by atoms with van der Waals surface area (Å²) in [6.07, 6.45) is -0.993. The summed E-state index contributed by atoms with van der Waals surface area (Å²) in [5.41, 5.74) is 0.162. The molecule has 0 saturated carbocycles. The Bertz CT molecular complexity index is 766. The van der Waals surface area contributed by atoms with Crippen LogP contribution in [0, 0.1) is 10.1 Å². The number of nitro groups is 1. The number of hydrogen-bond donors (Lipinski definition) is 1. The molecule has 0 bridgehead atoms. The highest BCUT2D eigenvalue weighted by molar-refractivity contribution is 5.66. The summed E-state index contributed by atoms with van der Waals surface area (Å²) in [5.74, 6) is 0.595. The van der Waals surface area contributed by atoms with Crippen LogP contribution in [-0.4, -0.2) is 26.6 Å². The molecule has 0 aromatic heterocycles. The molecule has 0 spiro atoms. The summed E-state index contributed by atoms with van der Waals surface area (Å²) in [6, 6.07) is 12.9. The van der Waals surface area contributed by atoms with Crippen LogP contribution in [-0.2, 0) is 6.54 Å². The van der Waals surface area contributed by atoms with E-state index in [1.807, 2.05) is 20.8 Å². The van der Waals surface area contributed by atoms with Crippen molar-refractivity contribution >= 4 is 11.8 Å². The summed E-state index contributed by atoms with van der Waals surface area (Å²) >= 11 is 0. The van der Waals surface area contributed by atoms with E-state index < -0.39 is 16.6 Å². The minimum Gasteiger partial charge on any atom is -0.465 e. The lowest BCUT2D eigenvalue weighted by Crippen LogP contribution is -2.44. The van der Waals surface area contributed by atoms with Gasteiger partial charge in [0, 0.05) is 18.2 Å². The second kappa shape index (κ2) is 7.21. The van der Waals surface area contributed by atoms with E-state index >= 15 is 0 Å². The monoisotopic (exact) mass is 344 g/mol. The van der Waals surface area contributed by atoms with Crippen molar-refractivity contribution in [1.29, 1.82) is 0 Å². The number of carbonyl (C=O) groups is 1. The van der Waals surface area contributed by atoms with Crippen molar-refractivity contribution in [3.63, 3.8) is 0 Å². The minimum atomic E-state index is -0.993. The van der Waals surface area contributed by atoms with Gasteiger partial charge in [0.2, 0.25) is 5.75 Å². The van der Waals surface area contributed by atoms with Crippen LogP contribution in [0.15, 0.2) is 48.5 Å². The normalized spacial score (nSPS) is 11.0. The van der Waals surface area contributed by atoms with Crippen LogP contribution < -0.4 is 4.74 Å². The Kier molecular flexibility index (Phi) is 5.26. The highest BCUT2D eigenvalue weighted by Crippen LogP contribution is 2.31. The van der Waals surface area contributed by atoms with Gasteiger partial charge in [-0.25, -0.2) is 4.79 Å². The van der Waals surface area contributed by atoms with Gasteiger partial charge in [0.25, 0.3) is 0 Å². The van der Waals surface area contributed by atoms with E-state index in [1.54, 1.807) is 36.4 Å². The Morgan fingerprint density at radius 3 is 2.28 bits per heavy atom. The first-order valence-electron chi connectivity index (χ1n) is 7.69. The maximum atomic E-state index is 11.4. The molecule has 0 fully saturated rings. The Labute approximate surface area is 145 Å². The molecule has 0 atom stereocenters. The first-order chi connectivity index (χ1) is 11.7. The Balaban J connectivity index is 2.15. The third-order valence-electron chi connectivity index (χ3n) is 3.59. The van der Waals surface area contributed by atoms with Gasteiger partial charge in [-0.05, 0) is 44.5 Å². The molecule has 0 aliphatic carbocycles. The lowest BCUT2D eigenvalue weighted by Gasteiger charge is -2.33. The molecule has 0 aliphatic rings. The van der Waals surface area contributed by atoms with Gasteiger partial charge < -0.3 is 9.84 Å². The highest BCUT2D eigenvalue weighted by atomic mass is 16.6. The largest absolute Gasteiger partial charge is 0.465 e. The standard InChI is InChI=1S/C18H20N2O5/c1-18(2,3)19(17(21)22)12-13-8-10-14(11-9-13)25-16-7-5-4-6-15(16)20(23)24/h4-11H,12H2,1-3H3,(H,21,22). The van der Waals surface area contributed by atoms with Crippen molar-refractivity contribution in [2.75, 3.05) is 0 Å². The Hall–Kier alpha value is -3.09. The Morgan fingerprint density at radius 1 is 1.16 bits per heavy atom. The summed E-state index contributed by atoms with van der Waals surface area (Å²) in [4.78, 5) is 23.2. The van der Waals surface area contributed by atoms with E-state index in [0.29, 0.717) is 5.75 Å². The van der Waals surface area contributed by atoms with E-state index in [1.165, 1.54) is 17.0 Å². The van der Waals surface area contributed by atoms with Gasteiger partial charge in [-0.2, -0.15) is 0 Å². The van der Waals surface area contributed by atoms with Crippen LogP contribution >= 0.6 is 0 Å². The molecule has 2 aromatic carbocycles. The third-order valence-corrected chi connectivity index (χ3v) is 3.59. The van der Waals surface area contributed by atoms with Crippen LogP contribution in [0.2, 0.25) is 0 Å². The first kappa shape index (κ1) is 18.3. The SMILES string of the molecule is CC(C)(C)N(Cc1ccc(Oc2ccccc2[N+](=O)[O-])cc1)C(=O)O. The van der Waals surface area contributed by atoms with Crippen molar-refractivity contribution in [1.82, 2.24) is 4.90 Å². The number of amides is 1. The van der Waals surface area contributed by atoms with E-state index in [0.717, 1.165) is 5.56 Å². The van der Waals surface area contributed by atoms with Gasteiger partial charge in [0.15, 0.2) is 0 Å². The number of ether oxygens (including phenoxy) is 1. The average Bonchev–Trinajstić information content (AvgIpc) is 2.53. The predicted molar refractivity (Wildman–Crippen MR) is 92.9 cm³/mol. The van der Waals surface area contributed by atoms with Crippen molar-refractivity contribution in [2.24, 2.45) is 0 Å². The second-order valence-corrected chi connectivity index (χ2v) is 6.51. The predicted octanol–water partition coefficient (Wildman–Crippen LogP) is 4.67. The van der Waals surface area contributed by atoms with E-state index in [9.17, 15) is 20.0 Å². The molecule has 0 radical (unpaired) electrons. The molecular weight excluding hydrogens is 324 g/mol. The molecule has 0 aliphatic heterocycles. The number of nitrogens with zero attached hydrogens (tertiary/aromatic N) is 2. The topological polar surface area (TPSA) is 92.9 Å². The molecule has 2 aromatic rings. The number of hydrogen-bond acceptors (Lipinski definition) is 4. The van der Waals surface area contributed by atoms with Crippen molar-refractivity contribution in [3.8, 4) is 11.5 Å². The molecule has 0 saturated heterocycles. The van der Waals surface area contributed by atoms with Gasteiger partial charge in [-0.1, -0.05) is 24.3 Å². The fourth-order valence-electron chi connectivity index (χ4n) is 2.26. The zero-order valence-electron chi connectivity index (χ0n) is 14.3. The van der Waals surface area contributed by atoms with Gasteiger partial charge in [0.1, 0.15) is 5.75 Å². The maximum Gasteiger partial charge on any atom is 0.408 e. The molecule has 132 valence electrons. The molecule has 25 heavy (non-hydrogen) atoms. The lowest BCUT2D eigenvalue weighted by atomic mass is 10.1. The van der Waals surface area contributed by atoms with E-state index in [4.69, 9.17) is 4.74 Å². The zero-order valence-corrected chi connectivity index (χ0v) is 14.3. The van der Waals surface area contributed by atoms with E-state index in [2.05, 4.69) is 0 Å². The van der Waals surface area contributed by atoms with Gasteiger partial charge >= 0.3 is 11.8 Å². The summed E-state index contributed by atoms with van der Waals surface area (Å²) in [7, 11) is 0. The molecule has 1 N–H and O–H groups in total. The van der Waals surface area contributed by atoms with Crippen molar-refractivity contribution in [2.45, 2.75) is 32.9 Å². The molecular formula is C18H20N2O5. The van der Waals surface area contributed by atoms with Crippen LogP contribution in [0.3, 0.4) is 0 Å². The molecule has 7 heteroatoms. The van der Waals surface area contributed by atoms with Crippen LogP contribution in [0.1, 0.15) is 26.3 Å². The number of nitro benzene ring substituents is 1. The Morgan fingerprint density at radius 2 is 1.76 bits per heavy atom. The van der Waals surface area contributed by atoms with Gasteiger partial charge in [0.05, 0.1) is 4.92 Å². The highest BCUT2D eigenvalue weighted by Gasteiger charge is 2.26. The number of para-hydroxylation sites is 2. The number of rotatable bonds is 5. The molecule has 2 rings (SSSR count). The fraction of sp³-hybridized carbons (Fsp3) is 0.278. The van der Waals surface area contributed by atoms with Crippen molar-refractivity contribution in [3.05, 3.63) is 64.2 Å². The second-order valence-electron chi connectivity index (χ2n) is 6.51. The molecule has 0 heterocycles. The third kappa shape index (κ3) is 4.69. The quantitative estimate of drug-likeness (QED) is 0.628. The zero-order chi connectivity index (χ0) is 18.6.